The van der Waals surface area contributed by atoms with E-state index in [2.05, 4.69) is 27.3 Å². The van der Waals surface area contributed by atoms with Gasteiger partial charge >= 0.3 is 0 Å². The van der Waals surface area contributed by atoms with Gasteiger partial charge in [-0.15, -0.1) is 0 Å². The Bertz CT molecular complexity index is 871. The summed E-state index contributed by atoms with van der Waals surface area (Å²) in [6.07, 6.45) is 3.80. The van der Waals surface area contributed by atoms with Gasteiger partial charge < -0.3 is 15.9 Å². The van der Waals surface area contributed by atoms with Gasteiger partial charge in [0.1, 0.15) is 0 Å². The lowest BCUT2D eigenvalue weighted by atomic mass is 10.0. The number of hydrogen-bond acceptors (Lipinski definition) is 2. The number of H-pyrrole nitrogens is 2. The number of fused-ring (bicyclic) bond motifs is 3. The predicted octanol–water partition coefficient (Wildman–Crippen LogP) is 3.29. The zero-order valence-corrected chi connectivity index (χ0v) is 10.1. The molecule has 4 aromatic rings. The minimum Gasteiger partial charge on any atom is -0.397 e. The first-order valence-electron chi connectivity index (χ1n) is 6.12. The summed E-state index contributed by atoms with van der Waals surface area (Å²) in [4.78, 5) is 4.47. The molecule has 0 atom stereocenters. The first-order valence-corrected chi connectivity index (χ1v) is 6.12. The van der Waals surface area contributed by atoms with Crippen LogP contribution in [0.15, 0.2) is 48.8 Å². The van der Waals surface area contributed by atoms with Gasteiger partial charge in [0, 0.05) is 28.7 Å². The molecule has 92 valence electrons. The lowest BCUT2D eigenvalue weighted by Crippen LogP contribution is -1.87. The molecule has 0 aliphatic heterocycles. The summed E-state index contributed by atoms with van der Waals surface area (Å²) in [5, 5.41) is 8.32. The quantitative estimate of drug-likeness (QED) is 0.452. The van der Waals surface area contributed by atoms with Crippen molar-refractivity contribution in [1.29, 1.82) is 0 Å². The van der Waals surface area contributed by atoms with E-state index in [1.165, 1.54) is 0 Å². The van der Waals surface area contributed by atoms with E-state index in [1.54, 1.807) is 0 Å². The topological polar surface area (TPSA) is 70.5 Å². The Hall–Kier alpha value is -2.75. The van der Waals surface area contributed by atoms with Gasteiger partial charge in [0.2, 0.25) is 0 Å². The molecule has 0 aliphatic carbocycles. The van der Waals surface area contributed by atoms with Crippen molar-refractivity contribution in [1.82, 2.24) is 15.2 Å². The number of aromatic amines is 2. The average molecular weight is 248 g/mol. The van der Waals surface area contributed by atoms with E-state index in [0.717, 1.165) is 32.9 Å². The van der Waals surface area contributed by atoms with Crippen LogP contribution in [0, 0.1) is 0 Å². The van der Waals surface area contributed by atoms with Crippen LogP contribution >= 0.6 is 0 Å². The second-order valence-electron chi connectivity index (χ2n) is 4.61. The molecule has 0 saturated carbocycles. The van der Waals surface area contributed by atoms with Crippen LogP contribution in [0.5, 0.6) is 0 Å². The molecule has 2 aromatic carbocycles. The molecule has 0 fully saturated rings. The van der Waals surface area contributed by atoms with E-state index in [9.17, 15) is 0 Å². The molecule has 0 amide bonds. The Labute approximate surface area is 109 Å². The van der Waals surface area contributed by atoms with Gasteiger partial charge in [-0.3, -0.25) is 4.98 Å². The van der Waals surface area contributed by atoms with Gasteiger partial charge in [-0.1, -0.05) is 30.3 Å². The molecule has 2 heterocycles. The van der Waals surface area contributed by atoms with Gasteiger partial charge in [0.05, 0.1) is 16.7 Å². The fraction of sp³-hybridized carbons (Fsp3) is 0. The Morgan fingerprint density at radius 3 is 2.79 bits per heavy atom. The SMILES string of the molecule is Nc1cc2c[nH][nH]c2c2c(-c3ccccc3)cnc12. The van der Waals surface area contributed by atoms with E-state index >= 15 is 0 Å². The highest BCUT2D eigenvalue weighted by molar-refractivity contribution is 6.15. The molecule has 0 spiro atoms. The first kappa shape index (κ1) is 10.2. The molecule has 19 heavy (non-hydrogen) atoms. The summed E-state index contributed by atoms with van der Waals surface area (Å²) in [6.45, 7) is 0. The second-order valence-corrected chi connectivity index (χ2v) is 4.61. The van der Waals surface area contributed by atoms with Crippen LogP contribution in [-0.4, -0.2) is 15.2 Å². The molecule has 0 radical (unpaired) electrons. The van der Waals surface area contributed by atoms with Crippen LogP contribution in [0.1, 0.15) is 0 Å². The normalized spacial score (nSPS) is 11.4. The fourth-order valence-corrected chi connectivity index (χ4v) is 2.58. The number of nitrogens with zero attached hydrogens (tertiary/aromatic N) is 1. The maximum atomic E-state index is 6.08. The highest BCUT2D eigenvalue weighted by atomic mass is 15.1. The Morgan fingerprint density at radius 1 is 1.11 bits per heavy atom. The van der Waals surface area contributed by atoms with Gasteiger partial charge in [0.15, 0.2) is 0 Å². The standard InChI is InChI=1S/C15H12N4/c16-12-6-10-7-18-19-14(10)13-11(8-17-15(12)13)9-4-2-1-3-5-9/h1-8,18-19H,16H2. The largest absolute Gasteiger partial charge is 0.397 e. The van der Waals surface area contributed by atoms with Gasteiger partial charge in [0.25, 0.3) is 0 Å². The smallest absolute Gasteiger partial charge is 0.0960 e. The van der Waals surface area contributed by atoms with Crippen LogP contribution in [0.25, 0.3) is 32.9 Å². The maximum Gasteiger partial charge on any atom is 0.0960 e. The van der Waals surface area contributed by atoms with E-state index < -0.39 is 0 Å². The third kappa shape index (κ3) is 1.37. The first-order chi connectivity index (χ1) is 9.34. The van der Waals surface area contributed by atoms with Crippen LogP contribution in [-0.2, 0) is 0 Å². The molecule has 4 heteroatoms. The molecular weight excluding hydrogens is 236 g/mol. The molecule has 4 rings (SSSR count). The highest BCUT2D eigenvalue weighted by Gasteiger charge is 2.13. The van der Waals surface area contributed by atoms with Crippen molar-refractivity contribution in [2.75, 3.05) is 5.73 Å². The van der Waals surface area contributed by atoms with E-state index in [-0.39, 0.29) is 0 Å². The number of rotatable bonds is 1. The highest BCUT2D eigenvalue weighted by Crippen LogP contribution is 2.36. The van der Waals surface area contributed by atoms with Gasteiger partial charge in [-0.2, -0.15) is 0 Å². The Balaban J connectivity index is 2.18. The molecule has 4 N–H and O–H groups in total. The van der Waals surface area contributed by atoms with Crippen molar-refractivity contribution in [3.63, 3.8) is 0 Å². The maximum absolute atomic E-state index is 6.08. The average Bonchev–Trinajstić information content (AvgIpc) is 3.05. The minimum atomic E-state index is 0.706. The number of anilines is 1. The minimum absolute atomic E-state index is 0.706. The van der Waals surface area contributed by atoms with Crippen molar-refractivity contribution in [2.24, 2.45) is 0 Å². The van der Waals surface area contributed by atoms with Crippen molar-refractivity contribution < 1.29 is 0 Å². The van der Waals surface area contributed by atoms with Crippen molar-refractivity contribution in [3.8, 4) is 11.1 Å². The molecule has 4 nitrogen and oxygen atoms in total. The van der Waals surface area contributed by atoms with Gasteiger partial charge in [-0.05, 0) is 11.6 Å². The molecule has 0 aliphatic rings. The Kier molecular flexibility index (Phi) is 1.94. The number of hydrogen-bond donors (Lipinski definition) is 3. The van der Waals surface area contributed by atoms with Crippen LogP contribution in [0.3, 0.4) is 0 Å². The lowest BCUT2D eigenvalue weighted by Gasteiger charge is -2.02. The van der Waals surface area contributed by atoms with Crippen LogP contribution in [0.2, 0.25) is 0 Å². The van der Waals surface area contributed by atoms with Crippen molar-refractivity contribution in [2.45, 2.75) is 0 Å². The number of nitrogens with one attached hydrogen (secondary N) is 2. The molecule has 0 bridgehead atoms. The van der Waals surface area contributed by atoms with Crippen LogP contribution < -0.4 is 5.73 Å². The zero-order valence-electron chi connectivity index (χ0n) is 10.1. The summed E-state index contributed by atoms with van der Waals surface area (Å²) >= 11 is 0. The second kappa shape index (κ2) is 3.62. The van der Waals surface area contributed by atoms with Crippen molar-refractivity contribution in [3.05, 3.63) is 48.8 Å². The lowest BCUT2D eigenvalue weighted by molar-refractivity contribution is 1.12. The summed E-state index contributed by atoms with van der Waals surface area (Å²) in [7, 11) is 0. The number of nitrogens with two attached hydrogens (primary N) is 1. The zero-order chi connectivity index (χ0) is 12.8. The van der Waals surface area contributed by atoms with E-state index in [1.807, 2.05) is 36.7 Å². The number of benzene rings is 2. The Morgan fingerprint density at radius 2 is 1.95 bits per heavy atom. The number of aromatic nitrogens is 3. The van der Waals surface area contributed by atoms with E-state index in [4.69, 9.17) is 5.73 Å². The molecular formula is C15H12N4. The number of nitrogen functional groups attached to an aromatic ring is 1. The summed E-state index contributed by atoms with van der Waals surface area (Å²) < 4.78 is 0. The third-order valence-corrected chi connectivity index (χ3v) is 3.46. The molecule has 0 unspecified atom stereocenters. The van der Waals surface area contributed by atoms with Gasteiger partial charge in [-0.25, -0.2) is 0 Å². The van der Waals surface area contributed by atoms with E-state index in [0.29, 0.717) is 5.69 Å². The monoisotopic (exact) mass is 248 g/mol. The molecule has 0 saturated heterocycles. The summed E-state index contributed by atoms with van der Waals surface area (Å²) in [6, 6.07) is 12.2. The predicted molar refractivity (Wildman–Crippen MR) is 77.8 cm³/mol. The summed E-state index contributed by atoms with van der Waals surface area (Å²) in [5.74, 6) is 0. The molecule has 2 aromatic heterocycles. The van der Waals surface area contributed by atoms with Crippen molar-refractivity contribution >= 4 is 27.5 Å². The third-order valence-electron chi connectivity index (χ3n) is 3.46. The van der Waals surface area contributed by atoms with Crippen LogP contribution in [0.4, 0.5) is 5.69 Å². The summed E-state index contributed by atoms with van der Waals surface area (Å²) in [5.41, 5.74) is 10.9. The fourth-order valence-electron chi connectivity index (χ4n) is 2.58.